The number of hydrogen-bond acceptors (Lipinski definition) is 4. The van der Waals surface area contributed by atoms with Crippen LogP contribution in [0.25, 0.3) is 0 Å². The van der Waals surface area contributed by atoms with Gasteiger partial charge in [-0.1, -0.05) is 43.1 Å². The molecule has 2 aromatic rings. The second kappa shape index (κ2) is 10.3. The highest BCUT2D eigenvalue weighted by molar-refractivity contribution is 7.89. The van der Waals surface area contributed by atoms with Crippen LogP contribution in [0.2, 0.25) is 5.02 Å². The summed E-state index contributed by atoms with van der Waals surface area (Å²) < 4.78 is 67.6. The van der Waals surface area contributed by atoms with E-state index in [1.54, 1.807) is 23.1 Å². The molecule has 178 valence electrons. The van der Waals surface area contributed by atoms with Crippen molar-refractivity contribution in [3.05, 3.63) is 64.2 Å². The summed E-state index contributed by atoms with van der Waals surface area (Å²) in [6.45, 7) is 2.32. The average Bonchev–Trinajstić information content (AvgIpc) is 3.26. The van der Waals surface area contributed by atoms with E-state index in [9.17, 15) is 21.6 Å². The Morgan fingerprint density at radius 2 is 1.97 bits per heavy atom. The lowest BCUT2D eigenvalue weighted by Gasteiger charge is -2.32. The van der Waals surface area contributed by atoms with Gasteiger partial charge in [-0.2, -0.15) is 22.7 Å². The minimum absolute atomic E-state index is 0.0514. The summed E-state index contributed by atoms with van der Waals surface area (Å²) >= 11 is 6.21. The van der Waals surface area contributed by atoms with Crippen molar-refractivity contribution in [3.8, 4) is 6.07 Å². The van der Waals surface area contributed by atoms with Crippen molar-refractivity contribution in [1.82, 2.24) is 4.31 Å². The fourth-order valence-corrected chi connectivity index (χ4v) is 5.91. The number of anilines is 1. The number of rotatable bonds is 8. The largest absolute Gasteiger partial charge is 0.416 e. The fourth-order valence-electron chi connectivity index (χ4n) is 4.00. The SMILES string of the molecule is CCCCS(=O)(=O)N1CC[C@H](N(Cc2ccccc2C(F)(F)F)c2ccc(C#N)c(Cl)c2)C1. The summed E-state index contributed by atoms with van der Waals surface area (Å²) in [6, 6.07) is 11.7. The Morgan fingerprint density at radius 1 is 1.24 bits per heavy atom. The molecule has 0 aliphatic carbocycles. The van der Waals surface area contributed by atoms with Crippen LogP contribution in [0.5, 0.6) is 0 Å². The number of nitriles is 1. The van der Waals surface area contributed by atoms with Crippen LogP contribution < -0.4 is 4.90 Å². The smallest absolute Gasteiger partial charge is 0.363 e. The zero-order chi connectivity index (χ0) is 24.2. The first kappa shape index (κ1) is 25.3. The van der Waals surface area contributed by atoms with Gasteiger partial charge in [-0.25, -0.2) is 8.42 Å². The molecule has 0 saturated carbocycles. The van der Waals surface area contributed by atoms with E-state index in [0.29, 0.717) is 25.1 Å². The van der Waals surface area contributed by atoms with E-state index in [1.165, 1.54) is 22.5 Å². The second-order valence-electron chi connectivity index (χ2n) is 8.03. The molecule has 1 aliphatic rings. The van der Waals surface area contributed by atoms with Gasteiger partial charge in [0.2, 0.25) is 10.0 Å². The van der Waals surface area contributed by atoms with Crippen LogP contribution in [0.1, 0.15) is 42.9 Å². The Bertz CT molecular complexity index is 1130. The Kier molecular flexibility index (Phi) is 7.93. The predicted octanol–water partition coefficient (Wildman–Crippen LogP) is 5.44. The molecular weight excluding hydrogens is 475 g/mol. The van der Waals surface area contributed by atoms with Crippen LogP contribution in [0, 0.1) is 11.3 Å². The lowest BCUT2D eigenvalue weighted by Crippen LogP contribution is -2.39. The molecule has 5 nitrogen and oxygen atoms in total. The molecule has 0 N–H and O–H groups in total. The van der Waals surface area contributed by atoms with Gasteiger partial charge >= 0.3 is 6.18 Å². The highest BCUT2D eigenvalue weighted by Crippen LogP contribution is 2.35. The van der Waals surface area contributed by atoms with Gasteiger partial charge < -0.3 is 4.90 Å². The number of unbranched alkanes of at least 4 members (excludes halogenated alkanes) is 1. The van der Waals surface area contributed by atoms with Crippen LogP contribution in [0.4, 0.5) is 18.9 Å². The molecule has 0 unspecified atom stereocenters. The first-order chi connectivity index (χ1) is 15.6. The summed E-state index contributed by atoms with van der Waals surface area (Å²) in [4.78, 5) is 1.76. The van der Waals surface area contributed by atoms with Crippen LogP contribution in [-0.2, 0) is 22.7 Å². The molecule has 0 bridgehead atoms. The summed E-state index contributed by atoms with van der Waals surface area (Å²) in [5.74, 6) is 0.0514. The molecule has 0 radical (unpaired) electrons. The number of benzene rings is 2. The van der Waals surface area contributed by atoms with Gasteiger partial charge in [-0.05, 0) is 42.7 Å². The molecule has 1 atom stereocenters. The predicted molar refractivity (Wildman–Crippen MR) is 122 cm³/mol. The van der Waals surface area contributed by atoms with E-state index in [1.807, 2.05) is 13.0 Å². The normalized spacial score (nSPS) is 17.2. The molecule has 0 amide bonds. The topological polar surface area (TPSA) is 64.4 Å². The van der Waals surface area contributed by atoms with Crippen LogP contribution in [-0.4, -0.2) is 37.6 Å². The molecule has 33 heavy (non-hydrogen) atoms. The fraction of sp³-hybridized carbons (Fsp3) is 0.435. The summed E-state index contributed by atoms with van der Waals surface area (Å²) in [7, 11) is -3.44. The first-order valence-corrected chi connectivity index (χ1v) is 12.6. The molecule has 10 heteroatoms. The third-order valence-corrected chi connectivity index (χ3v) is 8.02. The third-order valence-electron chi connectivity index (χ3n) is 5.78. The monoisotopic (exact) mass is 499 g/mol. The van der Waals surface area contributed by atoms with Gasteiger partial charge in [0.05, 0.1) is 21.9 Å². The highest BCUT2D eigenvalue weighted by Gasteiger charge is 2.37. The van der Waals surface area contributed by atoms with Crippen molar-refractivity contribution in [2.45, 2.75) is 44.9 Å². The molecule has 1 fully saturated rings. The molecule has 1 heterocycles. The average molecular weight is 500 g/mol. The van der Waals surface area contributed by atoms with Gasteiger partial charge in [-0.15, -0.1) is 0 Å². The molecule has 1 saturated heterocycles. The van der Waals surface area contributed by atoms with E-state index < -0.39 is 21.8 Å². The van der Waals surface area contributed by atoms with E-state index in [-0.39, 0.29) is 41.0 Å². The number of alkyl halides is 3. The van der Waals surface area contributed by atoms with Gasteiger partial charge in [-0.3, -0.25) is 0 Å². The van der Waals surface area contributed by atoms with Gasteiger partial charge in [0.25, 0.3) is 0 Å². The molecule has 0 spiro atoms. The molecule has 0 aromatic heterocycles. The standard InChI is InChI=1S/C23H25ClF3N3O2S/c1-2-3-12-33(31,32)29-11-10-20(16-29)30(19-9-8-17(14-28)22(24)13-19)15-18-6-4-5-7-21(18)23(25,26)27/h4-9,13,20H,2-3,10-12,15-16H2,1H3/t20-/m0/s1. The number of hydrogen-bond donors (Lipinski definition) is 0. The molecule has 3 rings (SSSR count). The van der Waals surface area contributed by atoms with Gasteiger partial charge in [0.15, 0.2) is 0 Å². The maximum absolute atomic E-state index is 13.6. The van der Waals surface area contributed by atoms with E-state index in [2.05, 4.69) is 0 Å². The van der Waals surface area contributed by atoms with Crippen LogP contribution in [0.15, 0.2) is 42.5 Å². The summed E-state index contributed by atoms with van der Waals surface area (Å²) in [5, 5.41) is 9.36. The van der Waals surface area contributed by atoms with Crippen molar-refractivity contribution >= 4 is 27.3 Å². The van der Waals surface area contributed by atoms with Crippen molar-refractivity contribution in [2.75, 3.05) is 23.7 Å². The van der Waals surface area contributed by atoms with E-state index in [4.69, 9.17) is 16.9 Å². The zero-order valence-electron chi connectivity index (χ0n) is 18.1. The number of nitrogens with zero attached hydrogens (tertiary/aromatic N) is 3. The first-order valence-electron chi connectivity index (χ1n) is 10.7. The minimum atomic E-state index is -4.52. The molecule has 2 aromatic carbocycles. The van der Waals surface area contributed by atoms with Gasteiger partial charge in [0, 0.05) is 31.4 Å². The zero-order valence-corrected chi connectivity index (χ0v) is 19.7. The van der Waals surface area contributed by atoms with Crippen LogP contribution >= 0.6 is 11.6 Å². The highest BCUT2D eigenvalue weighted by atomic mass is 35.5. The summed E-state index contributed by atoms with van der Waals surface area (Å²) in [5.41, 5.74) is 0.137. The number of sulfonamides is 1. The van der Waals surface area contributed by atoms with Gasteiger partial charge in [0.1, 0.15) is 6.07 Å². The van der Waals surface area contributed by atoms with Crippen molar-refractivity contribution in [3.63, 3.8) is 0 Å². The second-order valence-corrected chi connectivity index (χ2v) is 10.5. The Labute approximate surface area is 197 Å². The third kappa shape index (κ3) is 5.99. The molecular formula is C23H25ClF3N3O2S. The van der Waals surface area contributed by atoms with Crippen LogP contribution in [0.3, 0.4) is 0 Å². The molecule has 1 aliphatic heterocycles. The van der Waals surface area contributed by atoms with Crippen molar-refractivity contribution in [2.24, 2.45) is 0 Å². The Hall–Kier alpha value is -2.28. The minimum Gasteiger partial charge on any atom is -0.363 e. The summed E-state index contributed by atoms with van der Waals surface area (Å²) in [6.07, 6.45) is -2.75. The maximum Gasteiger partial charge on any atom is 0.416 e. The van der Waals surface area contributed by atoms with Crippen molar-refractivity contribution < 1.29 is 21.6 Å². The lowest BCUT2D eigenvalue weighted by molar-refractivity contribution is -0.138. The van der Waals surface area contributed by atoms with E-state index >= 15 is 0 Å². The lowest BCUT2D eigenvalue weighted by atomic mass is 10.0. The quantitative estimate of drug-likeness (QED) is 0.485. The van der Waals surface area contributed by atoms with E-state index in [0.717, 1.165) is 12.5 Å². The van der Waals surface area contributed by atoms with Crippen molar-refractivity contribution in [1.29, 1.82) is 5.26 Å². The Balaban J connectivity index is 1.96. The Morgan fingerprint density at radius 3 is 2.61 bits per heavy atom. The number of halogens is 4. The maximum atomic E-state index is 13.6.